The van der Waals surface area contributed by atoms with Crippen LogP contribution >= 0.6 is 15.9 Å². The molecule has 1 N–H and O–H groups in total. The number of halogens is 1. The normalized spacial score (nSPS) is 15.5. The summed E-state index contributed by atoms with van der Waals surface area (Å²) in [4.78, 5) is 8.76. The van der Waals surface area contributed by atoms with Crippen LogP contribution in [-0.2, 0) is 6.42 Å². The second-order valence-electron chi connectivity index (χ2n) is 5.52. The topological polar surface area (TPSA) is 55.6 Å². The lowest BCUT2D eigenvalue weighted by Gasteiger charge is -2.13. The van der Waals surface area contributed by atoms with E-state index in [1.54, 1.807) is 6.33 Å². The van der Waals surface area contributed by atoms with E-state index in [0.29, 0.717) is 6.04 Å². The Labute approximate surface area is 139 Å². The summed E-state index contributed by atoms with van der Waals surface area (Å²) in [7, 11) is 0. The van der Waals surface area contributed by atoms with Gasteiger partial charge in [-0.15, -0.1) is 0 Å². The van der Waals surface area contributed by atoms with Crippen molar-refractivity contribution in [3.8, 4) is 11.3 Å². The number of fused-ring (bicyclic) bond motifs is 1. The van der Waals surface area contributed by atoms with E-state index in [2.05, 4.69) is 67.1 Å². The number of aromatic nitrogens is 4. The van der Waals surface area contributed by atoms with E-state index in [9.17, 15) is 0 Å². The monoisotopic (exact) mass is 361 g/mol. The molecule has 0 saturated heterocycles. The number of nitrogens with one attached hydrogen (secondary N) is 1. The van der Waals surface area contributed by atoms with E-state index >= 15 is 0 Å². The molecule has 2 aromatic heterocycles. The molecule has 1 aliphatic heterocycles. The summed E-state index contributed by atoms with van der Waals surface area (Å²) in [6.07, 6.45) is 10.8. The largest absolute Gasteiger partial charge is 0.369 e. The lowest BCUT2D eigenvalue weighted by atomic mass is 10.1. The Morgan fingerprint density at radius 2 is 2.36 bits per heavy atom. The van der Waals surface area contributed by atoms with Crippen molar-refractivity contribution in [2.75, 3.05) is 11.9 Å². The third kappa shape index (κ3) is 3.06. The molecule has 1 unspecified atom stereocenters. The van der Waals surface area contributed by atoms with Gasteiger partial charge in [0.25, 0.3) is 0 Å². The summed E-state index contributed by atoms with van der Waals surface area (Å²) in [5.74, 6) is 0.961. The van der Waals surface area contributed by atoms with Gasteiger partial charge in [-0.3, -0.25) is 4.68 Å². The standard InChI is InChI=1S/C16H20BrN5/c1-3-13(5-4-11(2)17)22-9-12(8-21-22)15-14-6-7-18-16(14)20-10-19-15/h4,8-10,13H,3,5-7H2,1-2H3,(H,18,19,20)/b11-4-. The average Bonchev–Trinajstić information content (AvgIpc) is 3.16. The molecule has 3 rings (SSSR count). The van der Waals surface area contributed by atoms with Crippen molar-refractivity contribution in [3.63, 3.8) is 0 Å². The van der Waals surface area contributed by atoms with Crippen molar-refractivity contribution < 1.29 is 0 Å². The second-order valence-corrected chi connectivity index (χ2v) is 6.77. The van der Waals surface area contributed by atoms with E-state index in [4.69, 9.17) is 0 Å². The molecule has 0 aromatic carbocycles. The summed E-state index contributed by atoms with van der Waals surface area (Å²) >= 11 is 3.49. The quantitative estimate of drug-likeness (QED) is 0.875. The van der Waals surface area contributed by atoms with Gasteiger partial charge in [0.15, 0.2) is 0 Å². The van der Waals surface area contributed by atoms with E-state index in [0.717, 1.165) is 47.4 Å². The summed E-state index contributed by atoms with van der Waals surface area (Å²) in [5, 5.41) is 7.85. The van der Waals surface area contributed by atoms with Gasteiger partial charge in [0.1, 0.15) is 12.1 Å². The molecule has 1 aliphatic rings. The van der Waals surface area contributed by atoms with E-state index in [-0.39, 0.29) is 0 Å². The first kappa shape index (κ1) is 15.2. The molecule has 2 aromatic rings. The van der Waals surface area contributed by atoms with Crippen LogP contribution in [0.15, 0.2) is 29.3 Å². The molecular formula is C16H20BrN5. The summed E-state index contributed by atoms with van der Waals surface area (Å²) < 4.78 is 3.22. The number of allylic oxidation sites excluding steroid dienone is 2. The zero-order valence-electron chi connectivity index (χ0n) is 12.9. The summed E-state index contributed by atoms with van der Waals surface area (Å²) in [6, 6.07) is 0.370. The first-order valence-corrected chi connectivity index (χ1v) is 8.43. The first-order valence-electron chi connectivity index (χ1n) is 7.63. The predicted octanol–water partition coefficient (Wildman–Crippen LogP) is 3.95. The van der Waals surface area contributed by atoms with Gasteiger partial charge in [0.05, 0.1) is 17.9 Å². The zero-order chi connectivity index (χ0) is 15.5. The minimum absolute atomic E-state index is 0.370. The van der Waals surface area contributed by atoms with Gasteiger partial charge < -0.3 is 5.32 Å². The Morgan fingerprint density at radius 1 is 1.50 bits per heavy atom. The third-order valence-electron chi connectivity index (χ3n) is 4.00. The van der Waals surface area contributed by atoms with Gasteiger partial charge in [-0.25, -0.2) is 9.97 Å². The Hall–Kier alpha value is -1.69. The molecule has 0 aliphatic carbocycles. The fraction of sp³-hybridized carbons (Fsp3) is 0.438. The lowest BCUT2D eigenvalue weighted by molar-refractivity contribution is 0.445. The van der Waals surface area contributed by atoms with Crippen LogP contribution in [0.1, 0.15) is 38.3 Å². The van der Waals surface area contributed by atoms with Crippen LogP contribution < -0.4 is 5.32 Å². The molecule has 0 saturated carbocycles. The van der Waals surface area contributed by atoms with Crippen molar-refractivity contribution in [3.05, 3.63) is 34.8 Å². The number of anilines is 1. The Balaban J connectivity index is 1.88. The highest BCUT2D eigenvalue weighted by molar-refractivity contribution is 9.11. The van der Waals surface area contributed by atoms with Crippen molar-refractivity contribution in [2.45, 2.75) is 39.2 Å². The van der Waals surface area contributed by atoms with Crippen LogP contribution in [-0.4, -0.2) is 26.3 Å². The summed E-state index contributed by atoms with van der Waals surface area (Å²) in [5.41, 5.74) is 3.27. The van der Waals surface area contributed by atoms with Gasteiger partial charge in [0.2, 0.25) is 0 Å². The van der Waals surface area contributed by atoms with Gasteiger partial charge in [-0.1, -0.05) is 28.9 Å². The Bertz CT molecular complexity index is 688. The molecule has 0 amide bonds. The predicted molar refractivity (Wildman–Crippen MR) is 92.1 cm³/mol. The van der Waals surface area contributed by atoms with Crippen molar-refractivity contribution in [2.24, 2.45) is 0 Å². The Morgan fingerprint density at radius 3 is 3.14 bits per heavy atom. The second kappa shape index (κ2) is 6.60. The number of hydrogen-bond donors (Lipinski definition) is 1. The lowest BCUT2D eigenvalue weighted by Crippen LogP contribution is -2.07. The highest BCUT2D eigenvalue weighted by Crippen LogP contribution is 2.30. The number of rotatable bonds is 5. The maximum Gasteiger partial charge on any atom is 0.133 e. The number of hydrogen-bond acceptors (Lipinski definition) is 4. The van der Waals surface area contributed by atoms with Crippen LogP contribution in [0.25, 0.3) is 11.3 Å². The molecule has 0 bridgehead atoms. The van der Waals surface area contributed by atoms with Crippen molar-refractivity contribution in [1.82, 2.24) is 19.7 Å². The molecule has 5 nitrogen and oxygen atoms in total. The molecule has 1 atom stereocenters. The fourth-order valence-corrected chi connectivity index (χ4v) is 2.96. The highest BCUT2D eigenvalue weighted by Gasteiger charge is 2.19. The molecule has 6 heteroatoms. The minimum atomic E-state index is 0.370. The van der Waals surface area contributed by atoms with E-state index in [1.807, 2.05) is 6.20 Å². The molecule has 0 radical (unpaired) electrons. The van der Waals surface area contributed by atoms with E-state index < -0.39 is 0 Å². The van der Waals surface area contributed by atoms with E-state index in [1.165, 1.54) is 5.56 Å². The molecular weight excluding hydrogens is 342 g/mol. The molecule has 3 heterocycles. The smallest absolute Gasteiger partial charge is 0.133 e. The highest BCUT2D eigenvalue weighted by atomic mass is 79.9. The minimum Gasteiger partial charge on any atom is -0.369 e. The molecule has 22 heavy (non-hydrogen) atoms. The van der Waals surface area contributed by atoms with Gasteiger partial charge >= 0.3 is 0 Å². The van der Waals surface area contributed by atoms with Gasteiger partial charge in [-0.05, 0) is 30.7 Å². The zero-order valence-corrected chi connectivity index (χ0v) is 14.5. The first-order chi connectivity index (χ1) is 10.7. The average molecular weight is 362 g/mol. The maximum absolute atomic E-state index is 4.56. The van der Waals surface area contributed by atoms with Crippen LogP contribution in [0.5, 0.6) is 0 Å². The maximum atomic E-state index is 4.56. The molecule has 116 valence electrons. The summed E-state index contributed by atoms with van der Waals surface area (Å²) in [6.45, 7) is 5.18. The number of nitrogens with zero attached hydrogens (tertiary/aromatic N) is 4. The van der Waals surface area contributed by atoms with Crippen LogP contribution in [0.4, 0.5) is 5.82 Å². The van der Waals surface area contributed by atoms with Crippen LogP contribution in [0.3, 0.4) is 0 Å². The molecule has 0 fully saturated rings. The fourth-order valence-electron chi connectivity index (χ4n) is 2.78. The van der Waals surface area contributed by atoms with Crippen LogP contribution in [0, 0.1) is 0 Å². The van der Waals surface area contributed by atoms with Gasteiger partial charge in [0, 0.05) is 23.9 Å². The Kier molecular flexibility index (Phi) is 4.57. The van der Waals surface area contributed by atoms with Crippen molar-refractivity contribution >= 4 is 21.7 Å². The third-order valence-corrected chi connectivity index (χ3v) is 4.33. The van der Waals surface area contributed by atoms with Crippen LogP contribution in [0.2, 0.25) is 0 Å². The SMILES string of the molecule is CCC(C/C=C(/C)Br)n1cc(-c2ncnc3c2CCN3)cn1. The van der Waals surface area contributed by atoms with Gasteiger partial charge in [-0.2, -0.15) is 5.10 Å². The van der Waals surface area contributed by atoms with Crippen molar-refractivity contribution in [1.29, 1.82) is 0 Å². The molecule has 0 spiro atoms.